The van der Waals surface area contributed by atoms with E-state index in [-0.39, 0.29) is 17.7 Å². The Labute approximate surface area is 230 Å². The predicted octanol–water partition coefficient (Wildman–Crippen LogP) is 3.38. The van der Waals surface area contributed by atoms with Gasteiger partial charge < -0.3 is 25.6 Å². The summed E-state index contributed by atoms with van der Waals surface area (Å²) < 4.78 is 35.1. The quantitative estimate of drug-likeness (QED) is 0.309. The van der Waals surface area contributed by atoms with Crippen LogP contribution in [0.2, 0.25) is 0 Å². The number of hydrogen-bond donors (Lipinski definition) is 2. The molecule has 1 amide bonds. The summed E-state index contributed by atoms with van der Waals surface area (Å²) in [6.45, 7) is 5.00. The van der Waals surface area contributed by atoms with Crippen LogP contribution in [0.4, 0.5) is 20.5 Å². The lowest BCUT2D eigenvalue weighted by molar-refractivity contribution is -0.132. The minimum atomic E-state index is -2.83. The Bertz CT molecular complexity index is 1440. The molecule has 10 nitrogen and oxygen atoms in total. The zero-order chi connectivity index (χ0) is 28.1. The van der Waals surface area contributed by atoms with Crippen molar-refractivity contribution in [1.29, 1.82) is 0 Å². The topological polar surface area (TPSA) is 114 Å². The van der Waals surface area contributed by atoms with Crippen molar-refractivity contribution in [3.63, 3.8) is 0 Å². The van der Waals surface area contributed by atoms with Crippen LogP contribution < -0.4 is 16.0 Å². The molecule has 3 heterocycles. The van der Waals surface area contributed by atoms with E-state index in [4.69, 9.17) is 10.5 Å². The summed E-state index contributed by atoms with van der Waals surface area (Å²) in [7, 11) is 0. The van der Waals surface area contributed by atoms with E-state index in [0.29, 0.717) is 62.8 Å². The van der Waals surface area contributed by atoms with Gasteiger partial charge >= 0.3 is 0 Å². The number of para-hydroxylation sites is 2. The van der Waals surface area contributed by atoms with Gasteiger partial charge in [0.2, 0.25) is 11.9 Å². The summed E-state index contributed by atoms with van der Waals surface area (Å²) in [5.41, 5.74) is 7.72. The van der Waals surface area contributed by atoms with Crippen LogP contribution in [-0.4, -0.2) is 75.8 Å². The van der Waals surface area contributed by atoms with Crippen LogP contribution in [0.3, 0.4) is 0 Å². The molecule has 1 aliphatic heterocycles. The van der Waals surface area contributed by atoms with Gasteiger partial charge in [-0.15, -0.1) is 0 Å². The third-order valence-electron chi connectivity index (χ3n) is 6.69. The summed E-state index contributed by atoms with van der Waals surface area (Å²) in [5.74, 6) is 0.310. The maximum absolute atomic E-state index is 14.1. The molecule has 5 rings (SSSR count). The van der Waals surface area contributed by atoms with Gasteiger partial charge in [-0.1, -0.05) is 42.5 Å². The third kappa shape index (κ3) is 6.02. The number of anilines is 2. The number of benzene rings is 2. The molecule has 0 unspecified atom stereocenters. The fourth-order valence-electron chi connectivity index (χ4n) is 4.74. The molecule has 0 spiro atoms. The van der Waals surface area contributed by atoms with Gasteiger partial charge in [0.25, 0.3) is 6.43 Å². The number of amides is 1. The number of imidazole rings is 1. The van der Waals surface area contributed by atoms with Crippen LogP contribution >= 0.6 is 0 Å². The number of hydrogen-bond acceptors (Lipinski definition) is 8. The number of nitrogens with two attached hydrogens (primary N) is 1. The smallest absolute Gasteiger partial charge is 0.296 e. The molecule has 210 valence electrons. The first-order chi connectivity index (χ1) is 19.4. The Morgan fingerprint density at radius 3 is 2.48 bits per heavy atom. The first-order valence-electron chi connectivity index (χ1n) is 13.2. The number of ether oxygens (including phenoxy) is 1. The summed E-state index contributed by atoms with van der Waals surface area (Å²) in [5, 5.41) is 3.11. The van der Waals surface area contributed by atoms with Crippen molar-refractivity contribution in [1.82, 2.24) is 24.4 Å². The molecule has 2 aromatic carbocycles. The molecule has 12 heteroatoms. The van der Waals surface area contributed by atoms with Gasteiger partial charge in [0, 0.05) is 38.8 Å². The second kappa shape index (κ2) is 12.3. The van der Waals surface area contributed by atoms with E-state index in [9.17, 15) is 13.6 Å². The summed E-state index contributed by atoms with van der Waals surface area (Å²) in [4.78, 5) is 30.6. The SMILES string of the molecule is C[C@H](Nc1nc(N2CCOCC2)cc(-n2c(C(F)F)nc3ccccc32)n1)C(=O)N(CCN)Cc1ccccc1. The zero-order valence-electron chi connectivity index (χ0n) is 22.2. The van der Waals surface area contributed by atoms with Crippen LogP contribution in [0, 0.1) is 0 Å². The Morgan fingerprint density at radius 1 is 1.05 bits per heavy atom. The van der Waals surface area contributed by atoms with Crippen LogP contribution in [0.25, 0.3) is 16.9 Å². The number of aromatic nitrogens is 4. The van der Waals surface area contributed by atoms with Crippen LogP contribution in [0.1, 0.15) is 24.7 Å². The zero-order valence-corrected chi connectivity index (χ0v) is 22.2. The highest BCUT2D eigenvalue weighted by Gasteiger charge is 2.25. The van der Waals surface area contributed by atoms with Crippen LogP contribution in [0.5, 0.6) is 0 Å². The number of nitrogens with zero attached hydrogens (tertiary/aromatic N) is 6. The number of carbonyl (C=O) groups excluding carboxylic acids is 1. The van der Waals surface area contributed by atoms with Crippen LogP contribution in [-0.2, 0) is 16.1 Å². The average molecular weight is 551 g/mol. The number of alkyl halides is 2. The molecule has 3 N–H and O–H groups in total. The Kier molecular flexibility index (Phi) is 8.46. The van der Waals surface area contributed by atoms with E-state index in [0.717, 1.165) is 5.56 Å². The van der Waals surface area contributed by atoms with Gasteiger partial charge in [-0.3, -0.25) is 9.36 Å². The number of fused-ring (bicyclic) bond motifs is 1. The van der Waals surface area contributed by atoms with Crippen molar-refractivity contribution in [2.45, 2.75) is 25.9 Å². The first-order valence-corrected chi connectivity index (χ1v) is 13.2. The van der Waals surface area contributed by atoms with E-state index in [2.05, 4.69) is 20.3 Å². The van der Waals surface area contributed by atoms with Crippen molar-refractivity contribution >= 4 is 28.7 Å². The number of morpholine rings is 1. The Hall–Kier alpha value is -4.16. The van der Waals surface area contributed by atoms with Crippen molar-refractivity contribution in [2.24, 2.45) is 5.73 Å². The number of rotatable bonds is 10. The third-order valence-corrected chi connectivity index (χ3v) is 6.69. The Morgan fingerprint density at radius 2 is 1.75 bits per heavy atom. The predicted molar refractivity (Wildman–Crippen MR) is 149 cm³/mol. The molecule has 2 aromatic heterocycles. The van der Waals surface area contributed by atoms with E-state index < -0.39 is 18.3 Å². The Balaban J connectivity index is 1.50. The van der Waals surface area contributed by atoms with Gasteiger partial charge in [0.05, 0.1) is 24.2 Å². The van der Waals surface area contributed by atoms with Gasteiger partial charge in [0.1, 0.15) is 17.7 Å². The minimum Gasteiger partial charge on any atom is -0.378 e. The van der Waals surface area contributed by atoms with Crippen molar-refractivity contribution in [3.8, 4) is 5.82 Å². The average Bonchev–Trinajstić information content (AvgIpc) is 3.38. The monoisotopic (exact) mass is 550 g/mol. The molecule has 1 aliphatic rings. The lowest BCUT2D eigenvalue weighted by Gasteiger charge is -2.29. The normalized spacial score (nSPS) is 14.5. The fraction of sp³-hybridized carbons (Fsp3) is 0.357. The van der Waals surface area contributed by atoms with Crippen LogP contribution in [0.15, 0.2) is 60.7 Å². The lowest BCUT2D eigenvalue weighted by Crippen LogP contribution is -2.43. The molecular formula is C28H32F2N8O2. The van der Waals surface area contributed by atoms with E-state index in [1.165, 1.54) is 4.57 Å². The van der Waals surface area contributed by atoms with Gasteiger partial charge in [-0.2, -0.15) is 9.97 Å². The second-order valence-corrected chi connectivity index (χ2v) is 9.50. The van der Waals surface area contributed by atoms with Crippen molar-refractivity contribution < 1.29 is 18.3 Å². The molecule has 0 aliphatic carbocycles. The van der Waals surface area contributed by atoms with Crippen molar-refractivity contribution in [2.75, 3.05) is 49.6 Å². The molecule has 0 bridgehead atoms. The summed E-state index contributed by atoms with van der Waals surface area (Å²) >= 11 is 0. The molecule has 0 saturated carbocycles. The molecule has 40 heavy (non-hydrogen) atoms. The molecule has 4 aromatic rings. The lowest BCUT2D eigenvalue weighted by atomic mass is 10.2. The summed E-state index contributed by atoms with van der Waals surface area (Å²) in [6.07, 6.45) is -2.83. The van der Waals surface area contributed by atoms with E-state index >= 15 is 0 Å². The standard InChI is InChI=1S/C28H32F2N8O2/c1-19(27(39)37(12-11-31)18-20-7-3-2-4-8-20)32-28-34-23(36-13-15-40-16-14-36)17-24(35-28)38-22-10-6-5-9-21(22)33-26(38)25(29)30/h2-10,17,19,25H,11-16,18,31H2,1H3,(H,32,34,35)/t19-/m0/s1. The van der Waals surface area contributed by atoms with E-state index in [1.807, 2.05) is 35.2 Å². The largest absolute Gasteiger partial charge is 0.378 e. The molecular weight excluding hydrogens is 518 g/mol. The maximum Gasteiger partial charge on any atom is 0.296 e. The van der Waals surface area contributed by atoms with Gasteiger partial charge in [-0.25, -0.2) is 13.8 Å². The number of nitrogens with one attached hydrogen (secondary N) is 1. The van der Waals surface area contributed by atoms with Gasteiger partial charge in [0.15, 0.2) is 5.82 Å². The van der Waals surface area contributed by atoms with Gasteiger partial charge in [-0.05, 0) is 24.6 Å². The highest BCUT2D eigenvalue weighted by Crippen LogP contribution is 2.29. The molecule has 1 saturated heterocycles. The maximum atomic E-state index is 14.1. The second-order valence-electron chi connectivity index (χ2n) is 9.50. The van der Waals surface area contributed by atoms with Crippen molar-refractivity contribution in [3.05, 3.63) is 72.1 Å². The molecule has 1 fully saturated rings. The van der Waals surface area contributed by atoms with E-state index in [1.54, 1.807) is 42.2 Å². The number of carbonyl (C=O) groups is 1. The minimum absolute atomic E-state index is 0.144. The first kappa shape index (κ1) is 27.4. The molecule has 0 radical (unpaired) electrons. The highest BCUT2D eigenvalue weighted by atomic mass is 19.3. The fourth-order valence-corrected chi connectivity index (χ4v) is 4.74. The summed E-state index contributed by atoms with van der Waals surface area (Å²) in [6, 6.07) is 17.5. The number of halogens is 2. The molecule has 1 atom stereocenters. The highest BCUT2D eigenvalue weighted by molar-refractivity contribution is 5.84.